The summed E-state index contributed by atoms with van der Waals surface area (Å²) >= 11 is 0. The molecule has 3 rings (SSSR count). The number of fused-ring (bicyclic) bond motifs is 1. The molecule has 1 aliphatic rings. The van der Waals surface area contributed by atoms with Gasteiger partial charge in [-0.05, 0) is 48.6 Å². The van der Waals surface area contributed by atoms with E-state index in [0.717, 1.165) is 24.9 Å². The van der Waals surface area contributed by atoms with Gasteiger partial charge in [-0.15, -0.1) is 0 Å². The molecule has 2 aromatic carbocycles. The molecule has 0 saturated carbocycles. The summed E-state index contributed by atoms with van der Waals surface area (Å²) in [6.45, 7) is 0. The lowest BCUT2D eigenvalue weighted by molar-refractivity contribution is 0.601. The molecule has 1 N–H and O–H groups in total. The van der Waals surface area contributed by atoms with Gasteiger partial charge >= 0.3 is 0 Å². The Labute approximate surface area is 125 Å². The predicted octanol–water partition coefficient (Wildman–Crippen LogP) is 3.06. The summed E-state index contributed by atoms with van der Waals surface area (Å²) < 4.78 is 23.2. The third kappa shape index (κ3) is 3.27. The van der Waals surface area contributed by atoms with Crippen molar-refractivity contribution < 1.29 is 8.42 Å². The van der Waals surface area contributed by atoms with Crippen LogP contribution in [-0.4, -0.2) is 20.7 Å². The molecule has 4 heteroatoms. The fourth-order valence-electron chi connectivity index (χ4n) is 2.87. The second kappa shape index (κ2) is 5.53. The topological polar surface area (TPSA) is 46.2 Å². The minimum absolute atomic E-state index is 0.356. The van der Waals surface area contributed by atoms with Crippen LogP contribution in [0.25, 0.3) is 0 Å². The van der Waals surface area contributed by atoms with Crippen LogP contribution in [0.2, 0.25) is 0 Å². The van der Waals surface area contributed by atoms with E-state index in [9.17, 15) is 8.42 Å². The second-order valence-corrected chi connectivity index (χ2v) is 7.67. The Morgan fingerprint density at radius 2 is 1.81 bits per heavy atom. The van der Waals surface area contributed by atoms with E-state index in [0.29, 0.717) is 10.9 Å². The van der Waals surface area contributed by atoms with Gasteiger partial charge in [-0.1, -0.05) is 30.3 Å². The first-order chi connectivity index (χ1) is 10.0. The maximum Gasteiger partial charge on any atom is 0.175 e. The lowest BCUT2D eigenvalue weighted by Crippen LogP contribution is -2.27. The number of sulfone groups is 1. The Kier molecular flexibility index (Phi) is 3.72. The maximum absolute atomic E-state index is 11.6. The summed E-state index contributed by atoms with van der Waals surface area (Å²) in [4.78, 5) is 0.365. The molecule has 0 radical (unpaired) electrons. The van der Waals surface area contributed by atoms with E-state index in [4.69, 9.17) is 0 Å². The van der Waals surface area contributed by atoms with E-state index in [1.54, 1.807) is 18.2 Å². The molecule has 0 fully saturated rings. The first-order valence-electron chi connectivity index (χ1n) is 7.16. The molecule has 1 unspecified atom stereocenters. The van der Waals surface area contributed by atoms with Crippen LogP contribution < -0.4 is 5.32 Å². The number of rotatable bonds is 3. The highest BCUT2D eigenvalue weighted by Crippen LogP contribution is 2.24. The molecule has 0 bridgehead atoms. The van der Waals surface area contributed by atoms with Crippen molar-refractivity contribution in [1.82, 2.24) is 0 Å². The molecule has 0 aromatic heterocycles. The van der Waals surface area contributed by atoms with Crippen molar-refractivity contribution in [2.24, 2.45) is 0 Å². The lowest BCUT2D eigenvalue weighted by atomic mass is 9.88. The number of benzene rings is 2. The van der Waals surface area contributed by atoms with Gasteiger partial charge in [0.05, 0.1) is 4.90 Å². The molecule has 0 aliphatic heterocycles. The van der Waals surface area contributed by atoms with Gasteiger partial charge in [-0.25, -0.2) is 8.42 Å². The Bertz CT molecular complexity index is 753. The van der Waals surface area contributed by atoms with Crippen LogP contribution in [0.5, 0.6) is 0 Å². The van der Waals surface area contributed by atoms with Crippen molar-refractivity contribution in [3.05, 3.63) is 59.7 Å². The molecular weight excluding hydrogens is 282 g/mol. The number of hydrogen-bond acceptors (Lipinski definition) is 3. The minimum atomic E-state index is -3.15. The van der Waals surface area contributed by atoms with Crippen LogP contribution in [0.3, 0.4) is 0 Å². The first-order valence-corrected chi connectivity index (χ1v) is 9.05. The van der Waals surface area contributed by atoms with Crippen molar-refractivity contribution >= 4 is 15.5 Å². The van der Waals surface area contributed by atoms with Gasteiger partial charge in [0.1, 0.15) is 0 Å². The summed E-state index contributed by atoms with van der Waals surface area (Å²) in [5.41, 5.74) is 3.70. The van der Waals surface area contributed by atoms with Crippen LogP contribution in [-0.2, 0) is 22.7 Å². The molecule has 3 nitrogen and oxygen atoms in total. The highest BCUT2D eigenvalue weighted by molar-refractivity contribution is 7.90. The van der Waals surface area contributed by atoms with Crippen LogP contribution >= 0.6 is 0 Å². The molecular formula is C17H19NO2S. The number of anilines is 1. The summed E-state index contributed by atoms with van der Waals surface area (Å²) in [7, 11) is -3.15. The molecule has 1 atom stereocenters. The molecule has 21 heavy (non-hydrogen) atoms. The van der Waals surface area contributed by atoms with Gasteiger partial charge in [0.2, 0.25) is 0 Å². The van der Waals surface area contributed by atoms with Crippen LogP contribution in [0.1, 0.15) is 17.5 Å². The summed E-state index contributed by atoms with van der Waals surface area (Å²) in [5.74, 6) is 0. The fraction of sp³-hybridized carbons (Fsp3) is 0.294. The Balaban J connectivity index is 1.77. The third-order valence-corrected chi connectivity index (χ3v) is 5.09. The third-order valence-electron chi connectivity index (χ3n) is 3.98. The maximum atomic E-state index is 11.6. The molecule has 0 amide bonds. The standard InChI is InChI=1S/C17H19NO2S/c1-21(19,20)17-8-4-7-15(12-17)18-16-10-9-13-5-2-3-6-14(13)11-16/h2-8,12,16,18H,9-11H2,1H3. The molecule has 1 aliphatic carbocycles. The van der Waals surface area contributed by atoms with Crippen molar-refractivity contribution in [2.45, 2.75) is 30.2 Å². The minimum Gasteiger partial charge on any atom is -0.382 e. The number of aryl methyl sites for hydroxylation is 1. The molecule has 2 aromatic rings. The van der Waals surface area contributed by atoms with Crippen LogP contribution in [0, 0.1) is 0 Å². The van der Waals surface area contributed by atoms with Crippen molar-refractivity contribution in [3.63, 3.8) is 0 Å². The molecule has 0 spiro atoms. The van der Waals surface area contributed by atoms with E-state index in [1.165, 1.54) is 17.4 Å². The largest absolute Gasteiger partial charge is 0.382 e. The van der Waals surface area contributed by atoms with Crippen LogP contribution in [0.4, 0.5) is 5.69 Å². The van der Waals surface area contributed by atoms with Gasteiger partial charge < -0.3 is 5.32 Å². The molecule has 110 valence electrons. The van der Waals surface area contributed by atoms with E-state index in [-0.39, 0.29) is 0 Å². The quantitative estimate of drug-likeness (QED) is 0.947. The smallest absolute Gasteiger partial charge is 0.175 e. The zero-order chi connectivity index (χ0) is 14.9. The molecule has 0 saturated heterocycles. The Hall–Kier alpha value is -1.81. The monoisotopic (exact) mass is 301 g/mol. The Morgan fingerprint density at radius 3 is 2.57 bits per heavy atom. The van der Waals surface area contributed by atoms with Gasteiger partial charge in [0.15, 0.2) is 9.84 Å². The summed E-state index contributed by atoms with van der Waals surface area (Å²) in [6, 6.07) is 16.0. The van der Waals surface area contributed by atoms with E-state index >= 15 is 0 Å². The molecule has 0 heterocycles. The highest BCUT2D eigenvalue weighted by Gasteiger charge is 2.18. The summed E-state index contributed by atoms with van der Waals surface area (Å²) in [5, 5.41) is 3.47. The normalized spacial score (nSPS) is 18.0. The predicted molar refractivity (Wildman–Crippen MR) is 85.4 cm³/mol. The number of hydrogen-bond donors (Lipinski definition) is 1. The van der Waals surface area contributed by atoms with Crippen LogP contribution in [0.15, 0.2) is 53.4 Å². The second-order valence-electron chi connectivity index (χ2n) is 5.65. The average molecular weight is 301 g/mol. The average Bonchev–Trinajstić information content (AvgIpc) is 2.46. The van der Waals surface area contributed by atoms with Crippen molar-refractivity contribution in [2.75, 3.05) is 11.6 Å². The van der Waals surface area contributed by atoms with E-state index in [2.05, 4.69) is 29.6 Å². The van der Waals surface area contributed by atoms with Gasteiger partial charge in [0.25, 0.3) is 0 Å². The van der Waals surface area contributed by atoms with Gasteiger partial charge in [0, 0.05) is 18.0 Å². The number of nitrogens with one attached hydrogen (secondary N) is 1. The fourth-order valence-corrected chi connectivity index (χ4v) is 3.54. The van der Waals surface area contributed by atoms with Crippen molar-refractivity contribution in [3.8, 4) is 0 Å². The first kappa shape index (κ1) is 14.1. The Morgan fingerprint density at radius 1 is 1.05 bits per heavy atom. The van der Waals surface area contributed by atoms with E-state index < -0.39 is 9.84 Å². The summed E-state index contributed by atoms with van der Waals surface area (Å²) in [6.07, 6.45) is 4.36. The SMILES string of the molecule is CS(=O)(=O)c1cccc(NC2CCc3ccccc3C2)c1. The lowest BCUT2D eigenvalue weighted by Gasteiger charge is -2.26. The van der Waals surface area contributed by atoms with E-state index in [1.807, 2.05) is 6.07 Å². The highest BCUT2D eigenvalue weighted by atomic mass is 32.2. The van der Waals surface area contributed by atoms with Crippen molar-refractivity contribution in [1.29, 1.82) is 0 Å². The van der Waals surface area contributed by atoms with Gasteiger partial charge in [-0.3, -0.25) is 0 Å². The zero-order valence-corrected chi connectivity index (χ0v) is 12.9. The zero-order valence-electron chi connectivity index (χ0n) is 12.0. The van der Waals surface area contributed by atoms with Gasteiger partial charge in [-0.2, -0.15) is 0 Å².